The third-order valence-corrected chi connectivity index (χ3v) is 1.22. The fraction of sp³-hybridized carbons (Fsp3) is 0. The summed E-state index contributed by atoms with van der Waals surface area (Å²) in [6.45, 7) is 0. The minimum Gasteiger partial charge on any atom is -0.367 e. The van der Waals surface area contributed by atoms with Crippen LogP contribution in [0.15, 0.2) is 4.99 Å². The van der Waals surface area contributed by atoms with E-state index in [-0.39, 0.29) is 5.96 Å². The molecule has 0 amide bonds. The summed E-state index contributed by atoms with van der Waals surface area (Å²) in [6, 6.07) is 0. The van der Waals surface area contributed by atoms with Gasteiger partial charge in [-0.25, -0.2) is 0 Å². The average molecular weight is 239 g/mol. The van der Waals surface area contributed by atoms with Crippen molar-refractivity contribution in [3.63, 3.8) is 0 Å². The van der Waals surface area contributed by atoms with Crippen molar-refractivity contribution in [2.75, 3.05) is 0 Å². The fourth-order valence-corrected chi connectivity index (χ4v) is 0.335. The fourth-order valence-electron chi connectivity index (χ4n) is 0.184. The number of hydrogen-bond acceptors (Lipinski definition) is 1. The highest BCUT2D eigenvalue weighted by Gasteiger charge is 2.05. The number of guanidine groups is 2. The van der Waals surface area contributed by atoms with E-state index in [1.165, 1.54) is 0 Å². The Morgan fingerprint density at radius 3 is 1.91 bits per heavy atom. The maximum absolute atomic E-state index is 6.92. The second kappa shape index (κ2) is 4.71. The number of rotatable bonds is 0. The maximum atomic E-state index is 6.92. The van der Waals surface area contributed by atoms with Gasteiger partial charge in [0.1, 0.15) is 0 Å². The zero-order valence-corrected chi connectivity index (χ0v) is 7.95. The highest BCUT2D eigenvalue weighted by Crippen LogP contribution is 2.03. The van der Waals surface area contributed by atoms with E-state index in [1.807, 2.05) is 0 Å². The standard InChI is InChI=1S/C2H3Cl4N5/c3-10(4)1(7)9-2(8)11(5)6/h(H3,7,8,9). The third kappa shape index (κ3) is 4.36. The van der Waals surface area contributed by atoms with E-state index >= 15 is 0 Å². The minimum atomic E-state index is -0.489. The smallest absolute Gasteiger partial charge is 0.251 e. The van der Waals surface area contributed by atoms with Crippen molar-refractivity contribution >= 4 is 59.0 Å². The Bertz CT molecular complexity index is 175. The number of nitrogens with zero attached hydrogens (tertiary/aromatic N) is 3. The van der Waals surface area contributed by atoms with Crippen LogP contribution in [0.2, 0.25) is 0 Å². The number of aliphatic imine (C=N–C) groups is 1. The van der Waals surface area contributed by atoms with Crippen LogP contribution in [0.3, 0.4) is 0 Å². The summed E-state index contributed by atoms with van der Waals surface area (Å²) in [5, 5.41) is 6.92. The summed E-state index contributed by atoms with van der Waals surface area (Å²) >= 11 is 20.4. The lowest BCUT2D eigenvalue weighted by molar-refractivity contribution is 0.990. The van der Waals surface area contributed by atoms with Crippen molar-refractivity contribution in [2.45, 2.75) is 0 Å². The van der Waals surface area contributed by atoms with Gasteiger partial charge < -0.3 is 5.73 Å². The molecule has 0 spiro atoms. The molecule has 0 heterocycles. The number of hydrogen-bond donors (Lipinski definition) is 2. The van der Waals surface area contributed by atoms with E-state index in [4.69, 9.17) is 58.2 Å². The Balaban J connectivity index is 4.20. The molecule has 0 bridgehead atoms. The summed E-state index contributed by atoms with van der Waals surface area (Å²) in [6.07, 6.45) is 0. The van der Waals surface area contributed by atoms with E-state index in [0.717, 1.165) is 0 Å². The Hall–Kier alpha value is -0.100. The molecule has 0 aromatic rings. The van der Waals surface area contributed by atoms with Gasteiger partial charge in [-0.15, -0.1) is 0 Å². The first-order valence-electron chi connectivity index (χ1n) is 2.11. The zero-order chi connectivity index (χ0) is 9.02. The monoisotopic (exact) mass is 237 g/mol. The van der Waals surface area contributed by atoms with E-state index in [2.05, 4.69) is 4.99 Å². The highest BCUT2D eigenvalue weighted by molar-refractivity contribution is 6.44. The van der Waals surface area contributed by atoms with Gasteiger partial charge in [0.05, 0.1) is 0 Å². The van der Waals surface area contributed by atoms with Crippen molar-refractivity contribution in [3.8, 4) is 0 Å². The summed E-state index contributed by atoms with van der Waals surface area (Å²) in [5.74, 6) is -0.790. The molecule has 0 rings (SSSR count). The highest BCUT2D eigenvalue weighted by atomic mass is 35.5. The van der Waals surface area contributed by atoms with E-state index in [0.29, 0.717) is 7.88 Å². The molecular formula is C2H3Cl4N5. The number of halogens is 4. The molecule has 0 radical (unpaired) electrons. The number of nitrogens with two attached hydrogens (primary N) is 1. The van der Waals surface area contributed by atoms with Crippen molar-refractivity contribution in [1.29, 1.82) is 5.41 Å². The van der Waals surface area contributed by atoms with Crippen LogP contribution >= 0.6 is 47.1 Å². The third-order valence-electron chi connectivity index (χ3n) is 0.554. The molecule has 11 heavy (non-hydrogen) atoms. The Kier molecular flexibility index (Phi) is 4.67. The Morgan fingerprint density at radius 1 is 1.18 bits per heavy atom. The molecule has 0 aromatic carbocycles. The van der Waals surface area contributed by atoms with Crippen LogP contribution in [-0.2, 0) is 0 Å². The normalized spacial score (nSPS) is 11.1. The van der Waals surface area contributed by atoms with Gasteiger partial charge in [-0.05, 0) is 0 Å². The first-order chi connectivity index (χ1) is 4.95. The number of nitrogens with one attached hydrogen (secondary N) is 1. The summed E-state index contributed by atoms with van der Waals surface area (Å²) in [7, 11) is 0. The van der Waals surface area contributed by atoms with Crippen molar-refractivity contribution in [2.24, 2.45) is 10.7 Å². The van der Waals surface area contributed by atoms with Crippen molar-refractivity contribution in [3.05, 3.63) is 0 Å². The maximum Gasteiger partial charge on any atom is 0.251 e. The molecule has 0 saturated carbocycles. The average Bonchev–Trinajstić information content (AvgIpc) is 1.87. The molecule has 0 aliphatic heterocycles. The summed E-state index contributed by atoms with van der Waals surface area (Å²) in [5.41, 5.74) is 5.08. The molecule has 3 N–H and O–H groups in total. The van der Waals surface area contributed by atoms with Crippen LogP contribution in [0.5, 0.6) is 0 Å². The molecule has 0 saturated heterocycles. The second-order valence-corrected chi connectivity index (χ2v) is 2.96. The van der Waals surface area contributed by atoms with E-state index in [1.54, 1.807) is 0 Å². The molecule has 64 valence electrons. The zero-order valence-electron chi connectivity index (χ0n) is 4.93. The van der Waals surface area contributed by atoms with Gasteiger partial charge in [0.2, 0.25) is 5.96 Å². The predicted molar refractivity (Wildman–Crippen MR) is 46.4 cm³/mol. The molecule has 0 aliphatic rings. The topological polar surface area (TPSA) is 68.7 Å². The van der Waals surface area contributed by atoms with Crippen LogP contribution < -0.4 is 5.73 Å². The van der Waals surface area contributed by atoms with Crippen molar-refractivity contribution < 1.29 is 0 Å². The van der Waals surface area contributed by atoms with Gasteiger partial charge in [0.15, 0.2) is 0 Å². The molecule has 0 aliphatic carbocycles. The van der Waals surface area contributed by atoms with Gasteiger partial charge in [-0.2, -0.15) is 12.9 Å². The lowest BCUT2D eigenvalue weighted by atomic mass is 11.0. The Morgan fingerprint density at radius 2 is 1.64 bits per heavy atom. The lowest BCUT2D eigenvalue weighted by Gasteiger charge is -2.05. The van der Waals surface area contributed by atoms with Crippen LogP contribution in [0.25, 0.3) is 0 Å². The lowest BCUT2D eigenvalue weighted by Crippen LogP contribution is -2.25. The first kappa shape index (κ1) is 10.9. The molecule has 0 atom stereocenters. The largest absolute Gasteiger partial charge is 0.367 e. The quantitative estimate of drug-likeness (QED) is 0.382. The van der Waals surface area contributed by atoms with Gasteiger partial charge in [0, 0.05) is 47.1 Å². The van der Waals surface area contributed by atoms with Crippen LogP contribution in [-0.4, -0.2) is 19.8 Å². The van der Waals surface area contributed by atoms with Gasteiger partial charge in [-0.3, -0.25) is 5.41 Å². The molecular weight excluding hydrogens is 236 g/mol. The Labute approximate surface area is 83.2 Å². The second-order valence-electron chi connectivity index (χ2n) is 1.26. The molecule has 9 heteroatoms. The first-order valence-corrected chi connectivity index (χ1v) is 3.46. The van der Waals surface area contributed by atoms with E-state index in [9.17, 15) is 0 Å². The van der Waals surface area contributed by atoms with Crippen molar-refractivity contribution in [1.82, 2.24) is 7.88 Å². The van der Waals surface area contributed by atoms with Gasteiger partial charge in [-0.1, -0.05) is 0 Å². The van der Waals surface area contributed by atoms with Gasteiger partial charge >= 0.3 is 0 Å². The van der Waals surface area contributed by atoms with Crippen LogP contribution in [0, 0.1) is 5.41 Å². The molecule has 0 fully saturated rings. The SMILES string of the molecule is N=C(N=C(N)N(Cl)Cl)N(Cl)Cl. The van der Waals surface area contributed by atoms with Gasteiger partial charge in [0.25, 0.3) is 5.96 Å². The summed E-state index contributed by atoms with van der Waals surface area (Å²) in [4.78, 5) is 3.28. The van der Waals surface area contributed by atoms with Crippen LogP contribution in [0.4, 0.5) is 0 Å². The van der Waals surface area contributed by atoms with E-state index < -0.39 is 5.96 Å². The minimum absolute atomic E-state index is 0.301. The molecule has 5 nitrogen and oxygen atoms in total. The summed E-state index contributed by atoms with van der Waals surface area (Å²) < 4.78 is 0.885. The molecule has 0 aromatic heterocycles. The molecule has 0 unspecified atom stereocenters. The predicted octanol–water partition coefficient (Wildman–Crippen LogP) is 1.46. The van der Waals surface area contributed by atoms with Crippen LogP contribution in [0.1, 0.15) is 0 Å².